The van der Waals surface area contributed by atoms with E-state index in [4.69, 9.17) is 11.6 Å². The molecule has 1 N–H and O–H groups in total. The van der Waals surface area contributed by atoms with Gasteiger partial charge in [-0.3, -0.25) is 9.67 Å². The molecule has 0 saturated heterocycles. The number of fused-ring (bicyclic) bond motifs is 1. The summed E-state index contributed by atoms with van der Waals surface area (Å²) in [5.74, 6) is 0. The number of hydrogen-bond donors (Lipinski definition) is 1. The Labute approximate surface area is 122 Å². The minimum atomic E-state index is 0.133. The van der Waals surface area contributed by atoms with Gasteiger partial charge in [-0.25, -0.2) is 0 Å². The van der Waals surface area contributed by atoms with E-state index in [0.717, 1.165) is 22.3 Å². The Balaban J connectivity index is 1.99. The van der Waals surface area contributed by atoms with Crippen LogP contribution in [-0.4, -0.2) is 14.8 Å². The number of pyridine rings is 1. The van der Waals surface area contributed by atoms with E-state index in [1.54, 1.807) is 12.4 Å². The zero-order valence-electron chi connectivity index (χ0n) is 11.3. The van der Waals surface area contributed by atoms with Crippen LogP contribution in [0.1, 0.15) is 18.7 Å². The molecule has 0 radical (unpaired) electrons. The molecule has 5 heteroatoms. The first kappa shape index (κ1) is 12.9. The number of nitrogens with one attached hydrogen (secondary N) is 1. The maximum atomic E-state index is 6.21. The summed E-state index contributed by atoms with van der Waals surface area (Å²) in [6.45, 7) is 2.10. The molecule has 0 fully saturated rings. The second-order valence-corrected chi connectivity index (χ2v) is 5.15. The molecule has 4 nitrogen and oxygen atoms in total. The van der Waals surface area contributed by atoms with Gasteiger partial charge in [-0.2, -0.15) is 5.10 Å². The van der Waals surface area contributed by atoms with Gasteiger partial charge in [0, 0.05) is 24.8 Å². The van der Waals surface area contributed by atoms with Crippen LogP contribution in [0.3, 0.4) is 0 Å². The Hall–Kier alpha value is -2.07. The number of nitrogens with zero attached hydrogens (tertiary/aromatic N) is 3. The summed E-state index contributed by atoms with van der Waals surface area (Å²) in [6, 6.07) is 9.86. The second kappa shape index (κ2) is 5.13. The summed E-state index contributed by atoms with van der Waals surface area (Å²) in [5.41, 5.74) is 2.97. The van der Waals surface area contributed by atoms with Crippen molar-refractivity contribution >= 4 is 28.2 Å². The van der Waals surface area contributed by atoms with Gasteiger partial charge in [0.2, 0.25) is 0 Å². The van der Waals surface area contributed by atoms with Gasteiger partial charge in [-0.15, -0.1) is 0 Å². The lowest BCUT2D eigenvalue weighted by atomic mass is 10.1. The Morgan fingerprint density at radius 3 is 2.80 bits per heavy atom. The largest absolute Gasteiger partial charge is 0.375 e. The molecule has 0 saturated carbocycles. The van der Waals surface area contributed by atoms with Gasteiger partial charge in [0.15, 0.2) is 0 Å². The molecule has 1 atom stereocenters. The van der Waals surface area contributed by atoms with E-state index in [1.807, 2.05) is 42.1 Å². The van der Waals surface area contributed by atoms with Crippen LogP contribution < -0.4 is 5.32 Å². The standard InChI is InChI=1S/C15H15ClN4/c1-10(14-7-9-18-20(14)2)19-13-6-5-12(16)11-4-3-8-17-15(11)13/h3-10,19H,1-2H3. The first-order valence-electron chi connectivity index (χ1n) is 6.44. The van der Waals surface area contributed by atoms with E-state index in [0.29, 0.717) is 5.02 Å². The van der Waals surface area contributed by atoms with Crippen LogP contribution in [0.15, 0.2) is 42.7 Å². The van der Waals surface area contributed by atoms with Crippen LogP contribution in [-0.2, 0) is 7.05 Å². The van der Waals surface area contributed by atoms with E-state index in [-0.39, 0.29) is 6.04 Å². The quantitative estimate of drug-likeness (QED) is 0.796. The number of rotatable bonds is 3. The number of hydrogen-bond acceptors (Lipinski definition) is 3. The first-order chi connectivity index (χ1) is 9.66. The highest BCUT2D eigenvalue weighted by Crippen LogP contribution is 2.30. The Bertz CT molecular complexity index is 750. The smallest absolute Gasteiger partial charge is 0.0948 e. The maximum Gasteiger partial charge on any atom is 0.0948 e. The molecule has 0 aliphatic carbocycles. The summed E-state index contributed by atoms with van der Waals surface area (Å²) >= 11 is 6.21. The monoisotopic (exact) mass is 286 g/mol. The summed E-state index contributed by atoms with van der Waals surface area (Å²) in [6.07, 6.45) is 3.57. The van der Waals surface area contributed by atoms with Crippen molar-refractivity contribution in [3.63, 3.8) is 0 Å². The van der Waals surface area contributed by atoms with Gasteiger partial charge in [-0.05, 0) is 37.3 Å². The zero-order chi connectivity index (χ0) is 14.1. The summed E-state index contributed by atoms with van der Waals surface area (Å²) in [4.78, 5) is 4.43. The number of anilines is 1. The van der Waals surface area contributed by atoms with Crippen molar-refractivity contribution in [2.45, 2.75) is 13.0 Å². The predicted octanol–water partition coefficient (Wildman–Crippen LogP) is 3.79. The van der Waals surface area contributed by atoms with Gasteiger partial charge in [-0.1, -0.05) is 11.6 Å². The molecule has 102 valence electrons. The van der Waals surface area contributed by atoms with Crippen molar-refractivity contribution in [2.75, 3.05) is 5.32 Å². The lowest BCUT2D eigenvalue weighted by molar-refractivity contribution is 0.676. The van der Waals surface area contributed by atoms with Gasteiger partial charge in [0.05, 0.1) is 28.0 Å². The molecular weight excluding hydrogens is 272 g/mol. The minimum Gasteiger partial charge on any atom is -0.375 e. The van der Waals surface area contributed by atoms with Crippen molar-refractivity contribution < 1.29 is 0 Å². The van der Waals surface area contributed by atoms with Crippen molar-refractivity contribution in [3.05, 3.63) is 53.4 Å². The van der Waals surface area contributed by atoms with Crippen LogP contribution in [0, 0.1) is 0 Å². The van der Waals surface area contributed by atoms with E-state index in [2.05, 4.69) is 22.3 Å². The van der Waals surface area contributed by atoms with Gasteiger partial charge in [0.25, 0.3) is 0 Å². The molecule has 0 aliphatic rings. The maximum absolute atomic E-state index is 6.21. The molecule has 3 aromatic rings. The number of benzene rings is 1. The summed E-state index contributed by atoms with van der Waals surface area (Å²) in [5, 5.41) is 9.34. The highest BCUT2D eigenvalue weighted by Gasteiger charge is 2.12. The average Bonchev–Trinajstić information content (AvgIpc) is 2.88. The molecule has 3 rings (SSSR count). The SMILES string of the molecule is CC(Nc1ccc(Cl)c2cccnc12)c1ccnn1C. The molecule has 0 spiro atoms. The fourth-order valence-electron chi connectivity index (χ4n) is 2.37. The fraction of sp³-hybridized carbons (Fsp3) is 0.200. The van der Waals surface area contributed by atoms with E-state index < -0.39 is 0 Å². The fourth-order valence-corrected chi connectivity index (χ4v) is 2.59. The van der Waals surface area contributed by atoms with Crippen molar-refractivity contribution in [3.8, 4) is 0 Å². The molecule has 2 heterocycles. The summed E-state index contributed by atoms with van der Waals surface area (Å²) in [7, 11) is 1.94. The predicted molar refractivity (Wildman–Crippen MR) is 82.0 cm³/mol. The molecule has 20 heavy (non-hydrogen) atoms. The van der Waals surface area contributed by atoms with E-state index >= 15 is 0 Å². The third-order valence-corrected chi connectivity index (χ3v) is 3.72. The normalized spacial score (nSPS) is 12.6. The molecule has 1 aromatic carbocycles. The van der Waals surface area contributed by atoms with Crippen LogP contribution in [0.5, 0.6) is 0 Å². The van der Waals surface area contributed by atoms with Gasteiger partial charge in [0.1, 0.15) is 0 Å². The number of halogens is 1. The third kappa shape index (κ3) is 2.23. The number of aryl methyl sites for hydroxylation is 1. The third-order valence-electron chi connectivity index (χ3n) is 3.39. The van der Waals surface area contributed by atoms with Gasteiger partial charge >= 0.3 is 0 Å². The Kier molecular flexibility index (Phi) is 3.32. The molecule has 0 amide bonds. The molecule has 1 unspecified atom stereocenters. The average molecular weight is 287 g/mol. The number of aromatic nitrogens is 3. The molecule has 0 aliphatic heterocycles. The Morgan fingerprint density at radius 1 is 1.20 bits per heavy atom. The Morgan fingerprint density at radius 2 is 2.05 bits per heavy atom. The van der Waals surface area contributed by atoms with Gasteiger partial charge < -0.3 is 5.32 Å². The lowest BCUT2D eigenvalue weighted by Crippen LogP contribution is -2.11. The summed E-state index contributed by atoms with van der Waals surface area (Å²) < 4.78 is 1.86. The van der Waals surface area contributed by atoms with Crippen LogP contribution in [0.2, 0.25) is 5.02 Å². The van der Waals surface area contributed by atoms with Crippen molar-refractivity contribution in [1.82, 2.24) is 14.8 Å². The van der Waals surface area contributed by atoms with Crippen LogP contribution >= 0.6 is 11.6 Å². The topological polar surface area (TPSA) is 42.7 Å². The second-order valence-electron chi connectivity index (χ2n) is 4.74. The lowest BCUT2D eigenvalue weighted by Gasteiger charge is -2.17. The highest BCUT2D eigenvalue weighted by atomic mass is 35.5. The zero-order valence-corrected chi connectivity index (χ0v) is 12.1. The van der Waals surface area contributed by atoms with Crippen molar-refractivity contribution in [1.29, 1.82) is 0 Å². The van der Waals surface area contributed by atoms with E-state index in [9.17, 15) is 0 Å². The highest BCUT2D eigenvalue weighted by molar-refractivity contribution is 6.35. The molecular formula is C15H15ClN4. The first-order valence-corrected chi connectivity index (χ1v) is 6.82. The van der Waals surface area contributed by atoms with Crippen molar-refractivity contribution in [2.24, 2.45) is 7.05 Å². The molecule has 2 aromatic heterocycles. The van der Waals surface area contributed by atoms with E-state index in [1.165, 1.54) is 0 Å². The molecule has 0 bridgehead atoms. The van der Waals surface area contributed by atoms with Crippen LogP contribution in [0.4, 0.5) is 5.69 Å². The van der Waals surface area contributed by atoms with Crippen LogP contribution in [0.25, 0.3) is 10.9 Å². The minimum absolute atomic E-state index is 0.133.